The minimum absolute atomic E-state index is 0.165. The topological polar surface area (TPSA) is 85.7 Å². The fraction of sp³-hybridized carbons (Fsp3) is 0.158. The summed E-state index contributed by atoms with van der Waals surface area (Å²) in [6, 6.07) is 13.2. The molecule has 0 atom stereocenters. The Balaban J connectivity index is 1.60. The van der Waals surface area contributed by atoms with Gasteiger partial charge in [-0.05, 0) is 35.9 Å². The van der Waals surface area contributed by atoms with Crippen LogP contribution in [0.3, 0.4) is 0 Å². The van der Waals surface area contributed by atoms with E-state index in [0.29, 0.717) is 42.2 Å². The Labute approximate surface area is 148 Å². The second kappa shape index (κ2) is 6.41. The summed E-state index contributed by atoms with van der Waals surface area (Å²) in [5, 5.41) is 17.3. The van der Waals surface area contributed by atoms with Gasteiger partial charge in [-0.1, -0.05) is 12.1 Å². The molecule has 1 amide bonds. The van der Waals surface area contributed by atoms with Crippen LogP contribution >= 0.6 is 0 Å². The lowest BCUT2D eigenvalue weighted by atomic mass is 10.0. The molecule has 128 valence electrons. The maximum Gasteiger partial charge on any atom is 0.270 e. The van der Waals surface area contributed by atoms with E-state index >= 15 is 0 Å². The van der Waals surface area contributed by atoms with Crippen molar-refractivity contribution in [1.82, 2.24) is 20.1 Å². The van der Waals surface area contributed by atoms with Gasteiger partial charge in [0, 0.05) is 25.1 Å². The molecule has 0 fully saturated rings. The predicted octanol–water partition coefficient (Wildman–Crippen LogP) is 2.68. The molecule has 0 saturated carbocycles. The van der Waals surface area contributed by atoms with Gasteiger partial charge in [-0.15, -0.1) is 0 Å². The number of rotatable bonds is 2. The summed E-state index contributed by atoms with van der Waals surface area (Å²) in [7, 11) is 0. The van der Waals surface area contributed by atoms with Crippen LogP contribution in [0.5, 0.6) is 0 Å². The maximum absolute atomic E-state index is 13.5. The Morgan fingerprint density at radius 2 is 2.12 bits per heavy atom. The van der Waals surface area contributed by atoms with Gasteiger partial charge in [0.05, 0.1) is 11.4 Å². The van der Waals surface area contributed by atoms with E-state index in [2.05, 4.69) is 15.2 Å². The Kier molecular flexibility index (Phi) is 3.93. The number of H-pyrrole nitrogens is 1. The number of hydrogen-bond acceptors (Lipinski definition) is 4. The first-order valence-electron chi connectivity index (χ1n) is 8.14. The van der Waals surface area contributed by atoms with Crippen LogP contribution in [-0.4, -0.2) is 32.5 Å². The van der Waals surface area contributed by atoms with Crippen molar-refractivity contribution in [2.45, 2.75) is 13.0 Å². The van der Waals surface area contributed by atoms with E-state index in [1.54, 1.807) is 29.2 Å². The largest absolute Gasteiger partial charge is 0.342 e. The van der Waals surface area contributed by atoms with Gasteiger partial charge in [0.2, 0.25) is 0 Å². The first kappa shape index (κ1) is 16.0. The van der Waals surface area contributed by atoms with Gasteiger partial charge < -0.3 is 9.88 Å². The third kappa shape index (κ3) is 2.93. The average Bonchev–Trinajstić information content (AvgIpc) is 3.16. The highest BCUT2D eigenvalue weighted by atomic mass is 19.1. The Morgan fingerprint density at radius 1 is 1.23 bits per heavy atom. The second-order valence-electron chi connectivity index (χ2n) is 6.09. The van der Waals surface area contributed by atoms with Crippen LogP contribution in [-0.2, 0) is 13.0 Å². The molecule has 1 N–H and O–H groups in total. The van der Waals surface area contributed by atoms with Gasteiger partial charge >= 0.3 is 0 Å². The summed E-state index contributed by atoms with van der Waals surface area (Å²) in [6.07, 6.45) is 0.601. The van der Waals surface area contributed by atoms with E-state index in [-0.39, 0.29) is 11.7 Å². The smallest absolute Gasteiger partial charge is 0.270 e. The third-order valence-electron chi connectivity index (χ3n) is 4.38. The van der Waals surface area contributed by atoms with E-state index in [0.717, 1.165) is 11.3 Å². The molecule has 0 aliphatic carbocycles. The number of halogens is 1. The number of benzene rings is 1. The van der Waals surface area contributed by atoms with E-state index in [1.807, 2.05) is 12.1 Å². The first-order chi connectivity index (χ1) is 12.6. The highest BCUT2D eigenvalue weighted by Gasteiger charge is 2.24. The van der Waals surface area contributed by atoms with Crippen molar-refractivity contribution in [2.24, 2.45) is 0 Å². The zero-order valence-electron chi connectivity index (χ0n) is 13.7. The number of amides is 1. The van der Waals surface area contributed by atoms with Crippen LogP contribution in [0.4, 0.5) is 4.39 Å². The van der Waals surface area contributed by atoms with Crippen molar-refractivity contribution < 1.29 is 9.18 Å². The molecule has 2 aromatic heterocycles. The minimum Gasteiger partial charge on any atom is -0.342 e. The first-order valence-corrected chi connectivity index (χ1v) is 8.14. The summed E-state index contributed by atoms with van der Waals surface area (Å²) in [4.78, 5) is 17.1. The standard InChI is InChI=1S/C19H14FN5O/c20-14-3-1-2-12(8-14)18-9-13-11-25(7-6-16(13)23-24-18)19(26)17-5-4-15(10-21)22-17/h1-5,8-9,22H,6-7,11H2. The van der Waals surface area contributed by atoms with Crippen LogP contribution in [0.15, 0.2) is 42.5 Å². The number of nitrogens with one attached hydrogen (secondary N) is 1. The van der Waals surface area contributed by atoms with Crippen molar-refractivity contribution in [3.8, 4) is 17.3 Å². The molecule has 0 unspecified atom stereocenters. The Hall–Kier alpha value is -3.53. The molecule has 6 nitrogen and oxygen atoms in total. The summed E-state index contributed by atoms with van der Waals surface area (Å²) < 4.78 is 13.5. The van der Waals surface area contributed by atoms with E-state index in [9.17, 15) is 9.18 Å². The van der Waals surface area contributed by atoms with Gasteiger partial charge in [-0.3, -0.25) is 4.79 Å². The summed E-state index contributed by atoms with van der Waals surface area (Å²) >= 11 is 0. The zero-order chi connectivity index (χ0) is 18.1. The Morgan fingerprint density at radius 3 is 2.88 bits per heavy atom. The number of aromatic amines is 1. The fourth-order valence-electron chi connectivity index (χ4n) is 3.05. The molecule has 3 aromatic rings. The van der Waals surface area contributed by atoms with Gasteiger partial charge in [0.25, 0.3) is 5.91 Å². The van der Waals surface area contributed by atoms with Crippen LogP contribution in [0.2, 0.25) is 0 Å². The summed E-state index contributed by atoms with van der Waals surface area (Å²) in [5.74, 6) is -0.500. The van der Waals surface area contributed by atoms with E-state index < -0.39 is 0 Å². The van der Waals surface area contributed by atoms with Crippen LogP contribution < -0.4 is 0 Å². The fourth-order valence-corrected chi connectivity index (χ4v) is 3.05. The van der Waals surface area contributed by atoms with Gasteiger partial charge in [0.1, 0.15) is 23.3 Å². The molecular weight excluding hydrogens is 333 g/mol. The predicted molar refractivity (Wildman–Crippen MR) is 91.4 cm³/mol. The van der Waals surface area contributed by atoms with Crippen molar-refractivity contribution in [1.29, 1.82) is 5.26 Å². The van der Waals surface area contributed by atoms with E-state index in [4.69, 9.17) is 5.26 Å². The molecule has 0 radical (unpaired) electrons. The van der Waals surface area contributed by atoms with Crippen molar-refractivity contribution >= 4 is 5.91 Å². The normalized spacial score (nSPS) is 13.2. The third-order valence-corrected chi connectivity index (χ3v) is 4.38. The number of carbonyl (C=O) groups is 1. The van der Waals surface area contributed by atoms with Gasteiger partial charge in [0.15, 0.2) is 0 Å². The molecule has 1 aliphatic heterocycles. The second-order valence-corrected chi connectivity index (χ2v) is 6.09. The average molecular weight is 347 g/mol. The molecule has 26 heavy (non-hydrogen) atoms. The Bertz CT molecular complexity index is 1040. The van der Waals surface area contributed by atoms with Crippen molar-refractivity contribution in [3.63, 3.8) is 0 Å². The molecule has 3 heterocycles. The number of fused-ring (bicyclic) bond motifs is 1. The molecule has 0 bridgehead atoms. The molecular formula is C19H14FN5O. The van der Waals surface area contributed by atoms with Crippen LogP contribution in [0.1, 0.15) is 27.4 Å². The number of carbonyl (C=O) groups excluding carboxylic acids is 1. The van der Waals surface area contributed by atoms with Gasteiger partial charge in [-0.25, -0.2) is 4.39 Å². The number of hydrogen-bond donors (Lipinski definition) is 1. The lowest BCUT2D eigenvalue weighted by molar-refractivity contribution is 0.0728. The van der Waals surface area contributed by atoms with Crippen LogP contribution in [0, 0.1) is 17.1 Å². The number of nitriles is 1. The van der Waals surface area contributed by atoms with Crippen molar-refractivity contribution in [2.75, 3.05) is 6.54 Å². The van der Waals surface area contributed by atoms with Gasteiger partial charge in [-0.2, -0.15) is 15.5 Å². The highest BCUT2D eigenvalue weighted by Crippen LogP contribution is 2.24. The minimum atomic E-state index is -0.334. The van der Waals surface area contributed by atoms with Crippen molar-refractivity contribution in [3.05, 3.63) is 70.9 Å². The zero-order valence-corrected chi connectivity index (χ0v) is 13.7. The number of nitrogens with zero attached hydrogens (tertiary/aromatic N) is 4. The molecule has 0 spiro atoms. The monoisotopic (exact) mass is 347 g/mol. The molecule has 1 aliphatic rings. The maximum atomic E-state index is 13.5. The highest BCUT2D eigenvalue weighted by molar-refractivity contribution is 5.92. The molecule has 1 aromatic carbocycles. The molecule has 4 rings (SSSR count). The summed E-state index contributed by atoms with van der Waals surface area (Å²) in [5.41, 5.74) is 3.70. The molecule has 0 saturated heterocycles. The lowest BCUT2D eigenvalue weighted by Gasteiger charge is -2.27. The lowest BCUT2D eigenvalue weighted by Crippen LogP contribution is -2.36. The number of aromatic nitrogens is 3. The summed E-state index contributed by atoms with van der Waals surface area (Å²) in [6.45, 7) is 0.924. The van der Waals surface area contributed by atoms with Crippen LogP contribution in [0.25, 0.3) is 11.3 Å². The van der Waals surface area contributed by atoms with E-state index in [1.165, 1.54) is 12.1 Å². The SMILES string of the molecule is N#Cc1ccc(C(=O)N2CCc3nnc(-c4cccc(F)c4)cc3C2)[nH]1. The molecule has 7 heteroatoms. The quantitative estimate of drug-likeness (QED) is 0.772.